The summed E-state index contributed by atoms with van der Waals surface area (Å²) in [5.41, 5.74) is 5.70. The molecule has 0 bridgehead atoms. The molecule has 4 nitrogen and oxygen atoms in total. The maximum atomic E-state index is 12.1. The zero-order chi connectivity index (χ0) is 15.2. The lowest BCUT2D eigenvalue weighted by Crippen LogP contribution is -2.35. The number of anilines is 1. The highest BCUT2D eigenvalue weighted by Crippen LogP contribution is 2.26. The van der Waals surface area contributed by atoms with Crippen LogP contribution in [0, 0.1) is 0 Å². The first-order valence-electron chi connectivity index (χ1n) is 5.79. The fourth-order valence-corrected chi connectivity index (χ4v) is 1.37. The number of rotatable bonds is 6. The molecule has 0 fully saturated rings. The van der Waals surface area contributed by atoms with E-state index in [-0.39, 0.29) is 17.9 Å². The van der Waals surface area contributed by atoms with Crippen molar-refractivity contribution in [1.82, 2.24) is 0 Å². The molecule has 0 aliphatic rings. The summed E-state index contributed by atoms with van der Waals surface area (Å²) in [5.74, 6) is -0.586. The summed E-state index contributed by atoms with van der Waals surface area (Å²) >= 11 is 0. The summed E-state index contributed by atoms with van der Waals surface area (Å²) in [4.78, 5) is 11.7. The molecule has 0 aliphatic carbocycles. The summed E-state index contributed by atoms with van der Waals surface area (Å²) in [5, 5.41) is 2.43. The Morgan fingerprint density at radius 1 is 1.45 bits per heavy atom. The Labute approximate surface area is 114 Å². The number of nitrogens with two attached hydrogens (primary N) is 1. The third kappa shape index (κ3) is 5.31. The summed E-state index contributed by atoms with van der Waals surface area (Å²) in [6.45, 7) is 2.02. The van der Waals surface area contributed by atoms with Crippen LogP contribution in [0.15, 0.2) is 36.9 Å². The summed E-state index contributed by atoms with van der Waals surface area (Å²) in [7, 11) is 0. The average molecular weight is 288 g/mol. The minimum Gasteiger partial charge on any atom is -0.482 e. The number of para-hydroxylation sites is 2. The highest BCUT2D eigenvalue weighted by Gasteiger charge is 2.29. The number of hydrogen-bond donors (Lipinski definition) is 2. The van der Waals surface area contributed by atoms with E-state index in [1.165, 1.54) is 24.3 Å². The van der Waals surface area contributed by atoms with Crippen LogP contribution in [-0.2, 0) is 4.79 Å². The van der Waals surface area contributed by atoms with Gasteiger partial charge < -0.3 is 15.8 Å². The third-order valence-electron chi connectivity index (χ3n) is 2.29. The van der Waals surface area contributed by atoms with Crippen LogP contribution >= 0.6 is 0 Å². The van der Waals surface area contributed by atoms with Crippen molar-refractivity contribution in [3.63, 3.8) is 0 Å². The van der Waals surface area contributed by atoms with E-state index in [1.54, 1.807) is 6.07 Å². The number of hydrogen-bond acceptors (Lipinski definition) is 3. The Balaban J connectivity index is 2.75. The van der Waals surface area contributed by atoms with Gasteiger partial charge in [-0.3, -0.25) is 4.79 Å². The van der Waals surface area contributed by atoms with Crippen molar-refractivity contribution in [1.29, 1.82) is 0 Å². The maximum absolute atomic E-state index is 12.1. The zero-order valence-corrected chi connectivity index (χ0v) is 10.6. The van der Waals surface area contributed by atoms with Gasteiger partial charge in [-0.05, 0) is 18.6 Å². The van der Waals surface area contributed by atoms with Gasteiger partial charge >= 0.3 is 6.18 Å². The van der Waals surface area contributed by atoms with Crippen LogP contribution in [-0.4, -0.2) is 24.7 Å². The molecule has 0 heterocycles. The Kier molecular flexibility index (Phi) is 5.57. The lowest BCUT2D eigenvalue weighted by Gasteiger charge is -2.15. The molecular weight excluding hydrogens is 273 g/mol. The van der Waals surface area contributed by atoms with Crippen LogP contribution in [0.5, 0.6) is 5.75 Å². The van der Waals surface area contributed by atoms with Crippen molar-refractivity contribution in [3.8, 4) is 5.75 Å². The van der Waals surface area contributed by atoms with Crippen LogP contribution in [0.3, 0.4) is 0 Å². The zero-order valence-electron chi connectivity index (χ0n) is 10.6. The predicted octanol–water partition coefficient (Wildman–Crippen LogP) is 2.47. The molecule has 1 aromatic rings. The van der Waals surface area contributed by atoms with Crippen molar-refractivity contribution in [2.45, 2.75) is 18.6 Å². The topological polar surface area (TPSA) is 64.4 Å². The molecular formula is C13H15F3N2O2. The smallest absolute Gasteiger partial charge is 0.422 e. The molecule has 1 aromatic carbocycles. The molecule has 1 atom stereocenters. The molecule has 0 radical (unpaired) electrons. The number of alkyl halides is 3. The number of benzene rings is 1. The standard InChI is InChI=1S/C13H15F3N2O2/c1-2-5-9(17)12(19)18-10-6-3-4-7-11(10)20-8-13(14,15)16/h2-4,6-7,9H,1,5,8,17H2,(H,18,19). The highest BCUT2D eigenvalue weighted by molar-refractivity contribution is 5.96. The van der Waals surface area contributed by atoms with E-state index in [0.29, 0.717) is 0 Å². The predicted molar refractivity (Wildman–Crippen MR) is 69.4 cm³/mol. The lowest BCUT2D eigenvalue weighted by molar-refractivity contribution is -0.153. The average Bonchev–Trinajstić information content (AvgIpc) is 2.37. The monoisotopic (exact) mass is 288 g/mol. The van der Waals surface area contributed by atoms with E-state index in [2.05, 4.69) is 16.6 Å². The van der Waals surface area contributed by atoms with Crippen LogP contribution in [0.2, 0.25) is 0 Å². The molecule has 0 spiro atoms. The number of amides is 1. The quantitative estimate of drug-likeness (QED) is 0.790. The molecule has 0 saturated carbocycles. The van der Waals surface area contributed by atoms with Crippen LogP contribution in [0.25, 0.3) is 0 Å². The van der Waals surface area contributed by atoms with Gasteiger partial charge in [-0.15, -0.1) is 6.58 Å². The second kappa shape index (κ2) is 6.95. The van der Waals surface area contributed by atoms with E-state index in [4.69, 9.17) is 5.73 Å². The highest BCUT2D eigenvalue weighted by atomic mass is 19.4. The fraction of sp³-hybridized carbons (Fsp3) is 0.308. The molecule has 1 amide bonds. The van der Waals surface area contributed by atoms with Crippen molar-refractivity contribution < 1.29 is 22.7 Å². The van der Waals surface area contributed by atoms with Gasteiger partial charge in [0.15, 0.2) is 6.61 Å². The van der Waals surface area contributed by atoms with Gasteiger partial charge in [0.05, 0.1) is 11.7 Å². The van der Waals surface area contributed by atoms with Crippen molar-refractivity contribution >= 4 is 11.6 Å². The number of carbonyl (C=O) groups excluding carboxylic acids is 1. The molecule has 1 unspecified atom stereocenters. The van der Waals surface area contributed by atoms with Crippen molar-refractivity contribution in [2.75, 3.05) is 11.9 Å². The number of ether oxygens (including phenoxy) is 1. The first-order valence-corrected chi connectivity index (χ1v) is 5.79. The summed E-state index contributed by atoms with van der Waals surface area (Å²) < 4.78 is 41.0. The number of carbonyl (C=O) groups is 1. The molecule has 20 heavy (non-hydrogen) atoms. The minimum absolute atomic E-state index is 0.0658. The molecule has 0 aliphatic heterocycles. The SMILES string of the molecule is C=CCC(N)C(=O)Nc1ccccc1OCC(F)(F)F. The Bertz CT molecular complexity index is 475. The second-order valence-electron chi connectivity index (χ2n) is 4.02. The van der Waals surface area contributed by atoms with Crippen molar-refractivity contribution in [2.24, 2.45) is 5.73 Å². The van der Waals surface area contributed by atoms with E-state index in [9.17, 15) is 18.0 Å². The van der Waals surface area contributed by atoms with Gasteiger partial charge in [0.25, 0.3) is 0 Å². The molecule has 0 saturated heterocycles. The van der Waals surface area contributed by atoms with Crippen LogP contribution in [0.4, 0.5) is 18.9 Å². The normalized spacial score (nSPS) is 12.6. The fourth-order valence-electron chi connectivity index (χ4n) is 1.37. The Morgan fingerprint density at radius 3 is 2.70 bits per heavy atom. The molecule has 0 aromatic heterocycles. The van der Waals surface area contributed by atoms with Crippen LogP contribution in [0.1, 0.15) is 6.42 Å². The number of nitrogens with one attached hydrogen (secondary N) is 1. The minimum atomic E-state index is -4.45. The van der Waals surface area contributed by atoms with Gasteiger partial charge in [0.1, 0.15) is 5.75 Å². The van der Waals surface area contributed by atoms with E-state index in [1.807, 2.05) is 0 Å². The van der Waals surface area contributed by atoms with E-state index in [0.717, 1.165) is 0 Å². The molecule has 7 heteroatoms. The third-order valence-corrected chi connectivity index (χ3v) is 2.29. The summed E-state index contributed by atoms with van der Waals surface area (Å²) in [6, 6.07) is 5.02. The van der Waals surface area contributed by atoms with Gasteiger partial charge in [0, 0.05) is 0 Å². The van der Waals surface area contributed by atoms with E-state index >= 15 is 0 Å². The van der Waals surface area contributed by atoms with Crippen molar-refractivity contribution in [3.05, 3.63) is 36.9 Å². The van der Waals surface area contributed by atoms with Crippen LogP contribution < -0.4 is 15.8 Å². The van der Waals surface area contributed by atoms with Gasteiger partial charge in [-0.25, -0.2) is 0 Å². The second-order valence-corrected chi connectivity index (χ2v) is 4.02. The largest absolute Gasteiger partial charge is 0.482 e. The first kappa shape index (κ1) is 16.0. The van der Waals surface area contributed by atoms with Gasteiger partial charge in [0.2, 0.25) is 5.91 Å². The summed E-state index contributed by atoms with van der Waals surface area (Å²) in [6.07, 6.45) is -2.70. The lowest BCUT2D eigenvalue weighted by atomic mass is 10.2. The number of halogens is 3. The molecule has 1 rings (SSSR count). The first-order chi connectivity index (χ1) is 9.33. The van der Waals surface area contributed by atoms with Gasteiger partial charge in [-0.1, -0.05) is 18.2 Å². The molecule has 3 N–H and O–H groups in total. The van der Waals surface area contributed by atoms with Gasteiger partial charge in [-0.2, -0.15) is 13.2 Å². The Hall–Kier alpha value is -2.02. The van der Waals surface area contributed by atoms with E-state index < -0.39 is 24.7 Å². The Morgan fingerprint density at radius 2 is 2.10 bits per heavy atom. The molecule has 110 valence electrons. The maximum Gasteiger partial charge on any atom is 0.422 e.